The summed E-state index contributed by atoms with van der Waals surface area (Å²) in [7, 11) is 1.73. The molecule has 19 heavy (non-hydrogen) atoms. The third-order valence-corrected chi connectivity index (χ3v) is 3.09. The maximum atomic E-state index is 5.69. The highest BCUT2D eigenvalue weighted by molar-refractivity contribution is 5.28. The molecule has 3 heteroatoms. The van der Waals surface area contributed by atoms with E-state index in [2.05, 4.69) is 43.4 Å². The van der Waals surface area contributed by atoms with Crippen LogP contribution in [-0.2, 0) is 4.74 Å². The van der Waals surface area contributed by atoms with Gasteiger partial charge in [-0.2, -0.15) is 0 Å². The molecule has 0 amide bonds. The molecule has 1 rings (SSSR count). The van der Waals surface area contributed by atoms with Crippen LogP contribution in [0, 0.1) is 0 Å². The van der Waals surface area contributed by atoms with Crippen molar-refractivity contribution in [1.29, 1.82) is 0 Å². The Bertz CT molecular complexity index is 324. The lowest BCUT2D eigenvalue weighted by molar-refractivity contribution is 0.184. The molecule has 0 bridgehead atoms. The maximum Gasteiger partial charge on any atom is 0.119 e. The van der Waals surface area contributed by atoms with E-state index >= 15 is 0 Å². The van der Waals surface area contributed by atoms with E-state index in [1.807, 2.05) is 0 Å². The van der Waals surface area contributed by atoms with Gasteiger partial charge in [0.15, 0.2) is 0 Å². The lowest BCUT2D eigenvalue weighted by Crippen LogP contribution is -2.19. The summed E-state index contributed by atoms with van der Waals surface area (Å²) < 4.78 is 10.7. The molecule has 0 aromatic heterocycles. The van der Waals surface area contributed by atoms with Crippen molar-refractivity contribution in [2.75, 3.05) is 26.9 Å². The molecular weight excluding hydrogens is 238 g/mol. The molecule has 1 atom stereocenters. The van der Waals surface area contributed by atoms with Gasteiger partial charge in [0.25, 0.3) is 0 Å². The lowest BCUT2D eigenvalue weighted by Gasteiger charge is -2.14. The van der Waals surface area contributed by atoms with Gasteiger partial charge in [0.1, 0.15) is 5.75 Å². The van der Waals surface area contributed by atoms with Gasteiger partial charge in [-0.1, -0.05) is 19.1 Å². The van der Waals surface area contributed by atoms with Crippen LogP contribution in [0.25, 0.3) is 0 Å². The minimum absolute atomic E-state index is 0.399. The fraction of sp³-hybridized carbons (Fsp3) is 0.625. The monoisotopic (exact) mass is 265 g/mol. The van der Waals surface area contributed by atoms with Crippen molar-refractivity contribution in [2.45, 2.75) is 39.2 Å². The van der Waals surface area contributed by atoms with Gasteiger partial charge in [-0.15, -0.1) is 0 Å². The van der Waals surface area contributed by atoms with Gasteiger partial charge in [-0.3, -0.25) is 0 Å². The first-order valence-corrected chi connectivity index (χ1v) is 7.23. The van der Waals surface area contributed by atoms with E-state index in [4.69, 9.17) is 9.47 Å². The van der Waals surface area contributed by atoms with Crippen LogP contribution in [0.4, 0.5) is 0 Å². The Balaban J connectivity index is 2.30. The van der Waals surface area contributed by atoms with E-state index in [0.717, 1.165) is 44.8 Å². The number of benzene rings is 1. The van der Waals surface area contributed by atoms with E-state index in [9.17, 15) is 0 Å². The Kier molecular flexibility index (Phi) is 8.26. The summed E-state index contributed by atoms with van der Waals surface area (Å²) in [5.41, 5.74) is 1.31. The maximum absolute atomic E-state index is 5.69. The van der Waals surface area contributed by atoms with Crippen molar-refractivity contribution < 1.29 is 9.47 Å². The minimum Gasteiger partial charge on any atom is -0.494 e. The normalized spacial score (nSPS) is 12.4. The summed E-state index contributed by atoms with van der Waals surface area (Å²) >= 11 is 0. The predicted octanol–water partition coefficient (Wildman–Crippen LogP) is 3.55. The second-order valence-corrected chi connectivity index (χ2v) is 4.79. The molecule has 0 aliphatic carbocycles. The van der Waals surface area contributed by atoms with Crippen molar-refractivity contribution in [3.63, 3.8) is 0 Å². The van der Waals surface area contributed by atoms with Crippen molar-refractivity contribution in [1.82, 2.24) is 5.32 Å². The first-order valence-electron chi connectivity index (χ1n) is 7.23. The van der Waals surface area contributed by atoms with Gasteiger partial charge in [-0.05, 0) is 50.4 Å². The molecule has 3 nitrogen and oxygen atoms in total. The number of ether oxygens (including phenoxy) is 2. The molecule has 1 unspecified atom stereocenters. The first-order chi connectivity index (χ1) is 9.27. The summed E-state index contributed by atoms with van der Waals surface area (Å²) in [5, 5.41) is 3.48. The summed E-state index contributed by atoms with van der Waals surface area (Å²) in [4.78, 5) is 0. The highest BCUT2D eigenvalue weighted by Gasteiger charge is 2.03. The molecule has 108 valence electrons. The standard InChI is InChI=1S/C16H27NO2/c1-4-11-17-14(2)15-7-9-16(10-8-15)19-13-6-5-12-18-3/h7-10,14,17H,4-6,11-13H2,1-3H3. The molecule has 0 saturated heterocycles. The second kappa shape index (κ2) is 9.82. The molecular formula is C16H27NO2. The minimum atomic E-state index is 0.399. The van der Waals surface area contributed by atoms with Gasteiger partial charge in [-0.25, -0.2) is 0 Å². The Labute approximate surface area is 117 Å². The van der Waals surface area contributed by atoms with Crippen LogP contribution in [0.1, 0.15) is 44.7 Å². The summed E-state index contributed by atoms with van der Waals surface area (Å²) in [6.07, 6.45) is 3.24. The number of unbranched alkanes of at least 4 members (excludes halogenated alkanes) is 1. The average molecular weight is 265 g/mol. The number of hydrogen-bond donors (Lipinski definition) is 1. The number of nitrogens with one attached hydrogen (secondary N) is 1. The zero-order valence-corrected chi connectivity index (χ0v) is 12.4. The molecule has 0 fully saturated rings. The Hall–Kier alpha value is -1.06. The van der Waals surface area contributed by atoms with E-state index < -0.39 is 0 Å². The molecule has 0 radical (unpaired) electrons. The van der Waals surface area contributed by atoms with Gasteiger partial charge in [0, 0.05) is 19.8 Å². The van der Waals surface area contributed by atoms with Gasteiger partial charge >= 0.3 is 0 Å². The predicted molar refractivity (Wildman–Crippen MR) is 79.8 cm³/mol. The van der Waals surface area contributed by atoms with Crippen molar-refractivity contribution in [2.24, 2.45) is 0 Å². The average Bonchev–Trinajstić information content (AvgIpc) is 2.45. The second-order valence-electron chi connectivity index (χ2n) is 4.79. The van der Waals surface area contributed by atoms with Crippen molar-refractivity contribution in [3.05, 3.63) is 29.8 Å². The fourth-order valence-corrected chi connectivity index (χ4v) is 1.87. The third kappa shape index (κ3) is 6.60. The Morgan fingerprint density at radius 3 is 2.42 bits per heavy atom. The summed E-state index contributed by atoms with van der Waals surface area (Å²) in [6, 6.07) is 8.77. The van der Waals surface area contributed by atoms with Crippen molar-refractivity contribution >= 4 is 0 Å². The molecule has 1 aromatic carbocycles. The zero-order valence-electron chi connectivity index (χ0n) is 12.4. The first kappa shape index (κ1) is 16.0. The van der Waals surface area contributed by atoms with Gasteiger partial charge in [0.05, 0.1) is 6.61 Å². The largest absolute Gasteiger partial charge is 0.494 e. The topological polar surface area (TPSA) is 30.5 Å². The SMILES string of the molecule is CCCNC(C)c1ccc(OCCCCOC)cc1. The van der Waals surface area contributed by atoms with Crippen LogP contribution in [0.2, 0.25) is 0 Å². The van der Waals surface area contributed by atoms with Crippen molar-refractivity contribution in [3.8, 4) is 5.75 Å². The third-order valence-electron chi connectivity index (χ3n) is 3.09. The van der Waals surface area contributed by atoms with Crippen LogP contribution < -0.4 is 10.1 Å². The zero-order chi connectivity index (χ0) is 13.9. The van der Waals surface area contributed by atoms with Gasteiger partial charge < -0.3 is 14.8 Å². The number of methoxy groups -OCH3 is 1. The Morgan fingerprint density at radius 2 is 1.79 bits per heavy atom. The van der Waals surface area contributed by atoms with Crippen LogP contribution in [0.5, 0.6) is 5.75 Å². The molecule has 0 heterocycles. The lowest BCUT2D eigenvalue weighted by atomic mass is 10.1. The van der Waals surface area contributed by atoms with E-state index in [0.29, 0.717) is 6.04 Å². The van der Waals surface area contributed by atoms with Crippen LogP contribution in [0.3, 0.4) is 0 Å². The molecule has 0 aliphatic rings. The summed E-state index contributed by atoms with van der Waals surface area (Å²) in [6.45, 7) is 6.99. The van der Waals surface area contributed by atoms with Gasteiger partial charge in [0.2, 0.25) is 0 Å². The van der Waals surface area contributed by atoms with E-state index in [1.54, 1.807) is 7.11 Å². The molecule has 1 N–H and O–H groups in total. The molecule has 1 aromatic rings. The highest BCUT2D eigenvalue weighted by atomic mass is 16.5. The molecule has 0 spiro atoms. The summed E-state index contributed by atoms with van der Waals surface area (Å²) in [5.74, 6) is 0.948. The number of hydrogen-bond acceptors (Lipinski definition) is 3. The number of rotatable bonds is 10. The van der Waals surface area contributed by atoms with E-state index in [-0.39, 0.29) is 0 Å². The quantitative estimate of drug-likeness (QED) is 0.656. The molecule has 0 saturated carbocycles. The fourth-order valence-electron chi connectivity index (χ4n) is 1.87. The highest BCUT2D eigenvalue weighted by Crippen LogP contribution is 2.17. The smallest absolute Gasteiger partial charge is 0.119 e. The molecule has 0 aliphatic heterocycles. The Morgan fingerprint density at radius 1 is 1.11 bits per heavy atom. The van der Waals surface area contributed by atoms with Crippen LogP contribution in [-0.4, -0.2) is 26.9 Å². The van der Waals surface area contributed by atoms with E-state index in [1.165, 1.54) is 5.56 Å². The van der Waals surface area contributed by atoms with Crippen LogP contribution >= 0.6 is 0 Å². The van der Waals surface area contributed by atoms with Crippen LogP contribution in [0.15, 0.2) is 24.3 Å².